The lowest BCUT2D eigenvalue weighted by atomic mass is 10.1. The molecule has 1 rings (SSSR count). The highest BCUT2D eigenvalue weighted by Gasteiger charge is 2.11. The van der Waals surface area contributed by atoms with Crippen LogP contribution in [-0.4, -0.2) is 27.1 Å². The standard InChI is InChI=1S/C8H12N4O2/c9-6(7(13)14)2-1-5-3-4-11-8(10)12-5/h3-4,6H,1-2,9H2,(H,13,14)(H2,10,11,12)/t6-/m0/s1. The number of carboxylic acids is 1. The summed E-state index contributed by atoms with van der Waals surface area (Å²) in [6, 6.07) is 0.830. The van der Waals surface area contributed by atoms with E-state index in [-0.39, 0.29) is 5.95 Å². The molecule has 0 unspecified atom stereocenters. The summed E-state index contributed by atoms with van der Waals surface area (Å²) in [5.41, 5.74) is 11.4. The fourth-order valence-corrected chi connectivity index (χ4v) is 0.979. The molecule has 0 saturated heterocycles. The van der Waals surface area contributed by atoms with Crippen LogP contribution in [0.25, 0.3) is 0 Å². The van der Waals surface area contributed by atoms with Crippen molar-refractivity contribution in [3.8, 4) is 0 Å². The Hall–Kier alpha value is -1.69. The number of rotatable bonds is 4. The summed E-state index contributed by atoms with van der Waals surface area (Å²) in [6.07, 6.45) is 2.36. The highest BCUT2D eigenvalue weighted by Crippen LogP contribution is 2.02. The summed E-state index contributed by atoms with van der Waals surface area (Å²) in [4.78, 5) is 18.0. The first-order chi connectivity index (χ1) is 6.59. The van der Waals surface area contributed by atoms with E-state index in [1.54, 1.807) is 6.07 Å². The second-order valence-corrected chi connectivity index (χ2v) is 2.89. The molecule has 14 heavy (non-hydrogen) atoms. The Labute approximate surface area is 81.0 Å². The number of hydrogen-bond acceptors (Lipinski definition) is 5. The van der Waals surface area contributed by atoms with Crippen LogP contribution in [-0.2, 0) is 11.2 Å². The van der Waals surface area contributed by atoms with Gasteiger partial charge in [0.15, 0.2) is 0 Å². The molecule has 0 radical (unpaired) electrons. The minimum atomic E-state index is -1.01. The topological polar surface area (TPSA) is 115 Å². The third-order valence-corrected chi connectivity index (χ3v) is 1.76. The molecular weight excluding hydrogens is 184 g/mol. The molecule has 0 aromatic carbocycles. The number of aliphatic carboxylic acids is 1. The van der Waals surface area contributed by atoms with Gasteiger partial charge in [0.2, 0.25) is 5.95 Å². The minimum absolute atomic E-state index is 0.186. The highest BCUT2D eigenvalue weighted by molar-refractivity contribution is 5.72. The van der Waals surface area contributed by atoms with Crippen molar-refractivity contribution in [1.82, 2.24) is 9.97 Å². The number of aromatic nitrogens is 2. The Morgan fingerprint density at radius 2 is 2.36 bits per heavy atom. The number of nitrogen functional groups attached to an aromatic ring is 1. The molecule has 76 valence electrons. The Balaban J connectivity index is 2.49. The van der Waals surface area contributed by atoms with Gasteiger partial charge in [-0.1, -0.05) is 0 Å². The molecule has 0 aliphatic rings. The molecule has 0 spiro atoms. The minimum Gasteiger partial charge on any atom is -0.480 e. The van der Waals surface area contributed by atoms with Crippen molar-refractivity contribution in [2.24, 2.45) is 5.73 Å². The molecule has 6 heteroatoms. The fraction of sp³-hybridized carbons (Fsp3) is 0.375. The predicted octanol–water partition coefficient (Wildman–Crippen LogP) is -0.597. The van der Waals surface area contributed by atoms with Crippen LogP contribution in [0.5, 0.6) is 0 Å². The van der Waals surface area contributed by atoms with Crippen LogP contribution in [0, 0.1) is 0 Å². The van der Waals surface area contributed by atoms with Crippen molar-refractivity contribution >= 4 is 11.9 Å². The largest absolute Gasteiger partial charge is 0.480 e. The summed E-state index contributed by atoms with van der Waals surface area (Å²) in [5.74, 6) is -0.821. The maximum absolute atomic E-state index is 10.4. The van der Waals surface area contributed by atoms with Gasteiger partial charge in [-0.2, -0.15) is 0 Å². The van der Waals surface area contributed by atoms with E-state index in [9.17, 15) is 4.79 Å². The highest BCUT2D eigenvalue weighted by atomic mass is 16.4. The van der Waals surface area contributed by atoms with Crippen LogP contribution >= 0.6 is 0 Å². The zero-order valence-electron chi connectivity index (χ0n) is 7.55. The van der Waals surface area contributed by atoms with E-state index in [4.69, 9.17) is 16.6 Å². The third kappa shape index (κ3) is 2.98. The summed E-state index contributed by atoms with van der Waals surface area (Å²) >= 11 is 0. The van der Waals surface area contributed by atoms with Gasteiger partial charge in [-0.15, -0.1) is 0 Å². The number of nitrogens with two attached hydrogens (primary N) is 2. The molecule has 0 saturated carbocycles. The van der Waals surface area contributed by atoms with E-state index < -0.39 is 12.0 Å². The average Bonchev–Trinajstić information content (AvgIpc) is 2.14. The molecule has 6 nitrogen and oxygen atoms in total. The zero-order valence-corrected chi connectivity index (χ0v) is 7.55. The molecular formula is C8H12N4O2. The summed E-state index contributed by atoms with van der Waals surface area (Å²) in [5, 5.41) is 8.53. The molecule has 5 N–H and O–H groups in total. The first-order valence-corrected chi connectivity index (χ1v) is 4.15. The summed E-state index contributed by atoms with van der Waals surface area (Å²) in [7, 11) is 0. The maximum atomic E-state index is 10.4. The van der Waals surface area contributed by atoms with Crippen molar-refractivity contribution < 1.29 is 9.90 Å². The predicted molar refractivity (Wildman–Crippen MR) is 50.4 cm³/mol. The van der Waals surface area contributed by atoms with Crippen LogP contribution in [0.2, 0.25) is 0 Å². The van der Waals surface area contributed by atoms with Crippen LogP contribution in [0.15, 0.2) is 12.3 Å². The summed E-state index contributed by atoms with van der Waals surface area (Å²) in [6.45, 7) is 0. The molecule has 0 fully saturated rings. The molecule has 0 aliphatic carbocycles. The van der Waals surface area contributed by atoms with Crippen LogP contribution in [0.3, 0.4) is 0 Å². The van der Waals surface area contributed by atoms with Crippen LogP contribution in [0.1, 0.15) is 12.1 Å². The van der Waals surface area contributed by atoms with E-state index in [0.29, 0.717) is 18.5 Å². The maximum Gasteiger partial charge on any atom is 0.320 e. The Morgan fingerprint density at radius 3 is 2.93 bits per heavy atom. The van der Waals surface area contributed by atoms with Crippen molar-refractivity contribution in [1.29, 1.82) is 0 Å². The van der Waals surface area contributed by atoms with Gasteiger partial charge in [0, 0.05) is 11.9 Å². The number of anilines is 1. The Kier molecular flexibility index (Phi) is 3.35. The normalized spacial score (nSPS) is 12.4. The van der Waals surface area contributed by atoms with Gasteiger partial charge in [-0.25, -0.2) is 9.97 Å². The quantitative estimate of drug-likeness (QED) is 0.592. The molecule has 0 amide bonds. The van der Waals surface area contributed by atoms with Gasteiger partial charge < -0.3 is 16.6 Å². The van der Waals surface area contributed by atoms with E-state index in [0.717, 1.165) is 0 Å². The van der Waals surface area contributed by atoms with Crippen molar-refractivity contribution in [2.45, 2.75) is 18.9 Å². The molecule has 1 aromatic heterocycles. The lowest BCUT2D eigenvalue weighted by Crippen LogP contribution is -2.30. The molecule has 1 heterocycles. The molecule has 0 bridgehead atoms. The van der Waals surface area contributed by atoms with Crippen molar-refractivity contribution in [3.63, 3.8) is 0 Å². The van der Waals surface area contributed by atoms with Crippen molar-refractivity contribution in [2.75, 3.05) is 5.73 Å². The number of hydrogen-bond donors (Lipinski definition) is 3. The molecule has 1 atom stereocenters. The second kappa shape index (κ2) is 4.52. The smallest absolute Gasteiger partial charge is 0.320 e. The van der Waals surface area contributed by atoms with E-state index >= 15 is 0 Å². The molecule has 0 aliphatic heterocycles. The lowest BCUT2D eigenvalue weighted by molar-refractivity contribution is -0.138. The van der Waals surface area contributed by atoms with Gasteiger partial charge in [0.05, 0.1) is 0 Å². The zero-order chi connectivity index (χ0) is 10.6. The Morgan fingerprint density at radius 1 is 1.64 bits per heavy atom. The third-order valence-electron chi connectivity index (χ3n) is 1.76. The number of carbonyl (C=O) groups is 1. The van der Waals surface area contributed by atoms with Gasteiger partial charge >= 0.3 is 5.97 Å². The first kappa shape index (κ1) is 10.4. The van der Waals surface area contributed by atoms with Gasteiger partial charge in [-0.3, -0.25) is 4.79 Å². The lowest BCUT2D eigenvalue weighted by Gasteiger charge is -2.05. The number of carboxylic acid groups (broad SMARTS) is 1. The second-order valence-electron chi connectivity index (χ2n) is 2.89. The number of nitrogens with zero attached hydrogens (tertiary/aromatic N) is 2. The van der Waals surface area contributed by atoms with Gasteiger partial charge in [0.25, 0.3) is 0 Å². The monoisotopic (exact) mass is 196 g/mol. The average molecular weight is 196 g/mol. The van der Waals surface area contributed by atoms with E-state index in [1.165, 1.54) is 6.20 Å². The van der Waals surface area contributed by atoms with E-state index in [1.807, 2.05) is 0 Å². The number of aryl methyl sites for hydroxylation is 1. The van der Waals surface area contributed by atoms with Gasteiger partial charge in [0.1, 0.15) is 6.04 Å². The van der Waals surface area contributed by atoms with Crippen LogP contribution < -0.4 is 11.5 Å². The Bertz CT molecular complexity index is 329. The SMILES string of the molecule is Nc1nccc(CC[C@H](N)C(=O)O)n1. The van der Waals surface area contributed by atoms with E-state index in [2.05, 4.69) is 9.97 Å². The summed E-state index contributed by atoms with van der Waals surface area (Å²) < 4.78 is 0. The van der Waals surface area contributed by atoms with Gasteiger partial charge in [-0.05, 0) is 18.9 Å². The van der Waals surface area contributed by atoms with Crippen LogP contribution in [0.4, 0.5) is 5.95 Å². The first-order valence-electron chi connectivity index (χ1n) is 4.15. The van der Waals surface area contributed by atoms with Crippen molar-refractivity contribution in [3.05, 3.63) is 18.0 Å². The fourth-order valence-electron chi connectivity index (χ4n) is 0.979. The molecule has 1 aromatic rings.